The fourth-order valence-corrected chi connectivity index (χ4v) is 5.01. The largest absolute Gasteiger partial charge is 0.464 e. The summed E-state index contributed by atoms with van der Waals surface area (Å²) in [5.41, 5.74) is 3.13. The predicted molar refractivity (Wildman–Crippen MR) is 149 cm³/mol. The lowest BCUT2D eigenvalue weighted by Crippen LogP contribution is -2.45. The van der Waals surface area contributed by atoms with E-state index in [1.54, 1.807) is 37.9 Å². The van der Waals surface area contributed by atoms with Gasteiger partial charge in [0.05, 0.1) is 12.8 Å². The number of esters is 1. The third kappa shape index (κ3) is 6.40. The Morgan fingerprint density at radius 2 is 1.68 bits per heavy atom. The van der Waals surface area contributed by atoms with Crippen molar-refractivity contribution in [2.45, 2.75) is 97.1 Å². The molecule has 0 aliphatic heterocycles. The van der Waals surface area contributed by atoms with Crippen LogP contribution in [0.3, 0.4) is 0 Å². The number of nitrogens with one attached hydrogen (secondary N) is 2. The van der Waals surface area contributed by atoms with Crippen LogP contribution >= 0.6 is 0 Å². The second-order valence-corrected chi connectivity index (χ2v) is 12.4. The van der Waals surface area contributed by atoms with E-state index in [0.29, 0.717) is 24.2 Å². The Kier molecular flexibility index (Phi) is 8.34. The lowest BCUT2D eigenvalue weighted by molar-refractivity contribution is -0.120. The standard InChI is InChI=1S/C30H43N3O5/c1-10-15-33(20-17-23(31-18-20)26(35)37-9)25(34)24(32-27(36)38-28(2,3)4)19-11-12-21-22(16-19)30(7,8)14-13-29(21,5)6/h11-12,16-18,24,31H,10,13-15H2,1-9H3,(H,32,36). The van der Waals surface area contributed by atoms with Crippen molar-refractivity contribution in [2.24, 2.45) is 0 Å². The summed E-state index contributed by atoms with van der Waals surface area (Å²) in [4.78, 5) is 43.6. The van der Waals surface area contributed by atoms with Gasteiger partial charge in [0.15, 0.2) is 0 Å². The van der Waals surface area contributed by atoms with Gasteiger partial charge in [-0.05, 0) is 73.6 Å². The zero-order valence-electron chi connectivity index (χ0n) is 24.3. The Balaban J connectivity index is 2.09. The van der Waals surface area contributed by atoms with Crippen molar-refractivity contribution in [1.82, 2.24) is 10.3 Å². The molecule has 208 valence electrons. The number of rotatable bonds is 7. The molecule has 8 heteroatoms. The summed E-state index contributed by atoms with van der Waals surface area (Å²) >= 11 is 0. The van der Waals surface area contributed by atoms with E-state index in [9.17, 15) is 14.4 Å². The molecule has 2 N–H and O–H groups in total. The third-order valence-corrected chi connectivity index (χ3v) is 7.22. The van der Waals surface area contributed by atoms with E-state index in [1.807, 2.05) is 13.0 Å². The van der Waals surface area contributed by atoms with Crippen LogP contribution in [0.15, 0.2) is 30.5 Å². The van der Waals surface area contributed by atoms with E-state index in [4.69, 9.17) is 9.47 Å². The van der Waals surface area contributed by atoms with Gasteiger partial charge < -0.3 is 24.7 Å². The van der Waals surface area contributed by atoms with E-state index >= 15 is 0 Å². The number of methoxy groups -OCH3 is 1. The molecule has 1 aliphatic carbocycles. The maximum Gasteiger partial charge on any atom is 0.408 e. The fourth-order valence-electron chi connectivity index (χ4n) is 5.01. The smallest absolute Gasteiger partial charge is 0.408 e. The highest BCUT2D eigenvalue weighted by atomic mass is 16.6. The summed E-state index contributed by atoms with van der Waals surface area (Å²) in [6, 6.07) is 6.69. The number of anilines is 1. The van der Waals surface area contributed by atoms with E-state index in [1.165, 1.54) is 18.2 Å². The molecule has 1 atom stereocenters. The SMILES string of the molecule is CCCN(C(=O)C(NC(=O)OC(C)(C)C)c1ccc2c(c1)C(C)(C)CCC2(C)C)c1c[nH]c(C(=O)OC)c1. The van der Waals surface area contributed by atoms with Gasteiger partial charge in [-0.25, -0.2) is 9.59 Å². The Hall–Kier alpha value is -3.29. The van der Waals surface area contributed by atoms with E-state index < -0.39 is 23.7 Å². The lowest BCUT2D eigenvalue weighted by atomic mass is 9.63. The maximum absolute atomic E-state index is 14.2. The summed E-state index contributed by atoms with van der Waals surface area (Å²) < 4.78 is 10.3. The number of ether oxygens (including phenoxy) is 2. The molecule has 1 unspecified atom stereocenters. The van der Waals surface area contributed by atoms with Gasteiger partial charge in [0.25, 0.3) is 5.91 Å². The highest BCUT2D eigenvalue weighted by molar-refractivity contribution is 6.00. The average Bonchev–Trinajstić information content (AvgIpc) is 3.32. The third-order valence-electron chi connectivity index (χ3n) is 7.22. The first-order valence-corrected chi connectivity index (χ1v) is 13.3. The topological polar surface area (TPSA) is 101 Å². The van der Waals surface area contributed by atoms with Gasteiger partial charge in [-0.2, -0.15) is 0 Å². The van der Waals surface area contributed by atoms with Gasteiger partial charge in [0, 0.05) is 12.7 Å². The van der Waals surface area contributed by atoms with Gasteiger partial charge in [-0.1, -0.05) is 52.8 Å². The Morgan fingerprint density at radius 1 is 1.05 bits per heavy atom. The van der Waals surface area contributed by atoms with Crippen LogP contribution in [-0.4, -0.2) is 42.2 Å². The van der Waals surface area contributed by atoms with Crippen molar-refractivity contribution in [2.75, 3.05) is 18.6 Å². The van der Waals surface area contributed by atoms with Gasteiger partial charge in [0.2, 0.25) is 0 Å². The molecule has 0 saturated carbocycles. The molecular weight excluding hydrogens is 482 g/mol. The molecule has 0 bridgehead atoms. The predicted octanol–water partition coefficient (Wildman–Crippen LogP) is 6.16. The number of benzene rings is 1. The Morgan fingerprint density at radius 3 is 2.26 bits per heavy atom. The second-order valence-electron chi connectivity index (χ2n) is 12.4. The van der Waals surface area contributed by atoms with Crippen molar-refractivity contribution in [3.8, 4) is 0 Å². The molecule has 1 aliphatic rings. The minimum Gasteiger partial charge on any atom is -0.464 e. The summed E-state index contributed by atoms with van der Waals surface area (Å²) in [5.74, 6) is -0.843. The van der Waals surface area contributed by atoms with Crippen molar-refractivity contribution < 1.29 is 23.9 Å². The average molecular weight is 526 g/mol. The van der Waals surface area contributed by atoms with Crippen molar-refractivity contribution in [3.63, 3.8) is 0 Å². The lowest BCUT2D eigenvalue weighted by Gasteiger charge is -2.42. The first-order valence-electron chi connectivity index (χ1n) is 13.3. The molecule has 0 spiro atoms. The van der Waals surface area contributed by atoms with Gasteiger partial charge in [-0.15, -0.1) is 0 Å². The number of amides is 2. The van der Waals surface area contributed by atoms with E-state index in [0.717, 1.165) is 12.8 Å². The molecule has 1 aromatic carbocycles. The number of carbonyl (C=O) groups is 3. The molecule has 2 aromatic rings. The molecule has 0 fully saturated rings. The minimum absolute atomic E-state index is 0.0190. The second kappa shape index (κ2) is 10.8. The van der Waals surface area contributed by atoms with Crippen LogP contribution in [-0.2, 0) is 25.1 Å². The molecule has 38 heavy (non-hydrogen) atoms. The summed E-state index contributed by atoms with van der Waals surface area (Å²) in [5, 5.41) is 2.84. The molecule has 1 aromatic heterocycles. The van der Waals surface area contributed by atoms with Gasteiger partial charge in [-0.3, -0.25) is 4.79 Å². The van der Waals surface area contributed by atoms with Crippen LogP contribution in [0, 0.1) is 0 Å². The van der Waals surface area contributed by atoms with Crippen LogP contribution < -0.4 is 10.2 Å². The number of nitrogens with zero attached hydrogens (tertiary/aromatic N) is 1. The van der Waals surface area contributed by atoms with Crippen LogP contribution in [0.2, 0.25) is 0 Å². The zero-order valence-corrected chi connectivity index (χ0v) is 24.3. The molecular formula is C30H43N3O5. The summed E-state index contributed by atoms with van der Waals surface area (Å²) in [6.45, 7) is 16.6. The first kappa shape index (κ1) is 29.3. The zero-order chi connectivity index (χ0) is 28.5. The van der Waals surface area contributed by atoms with Crippen LogP contribution in [0.4, 0.5) is 10.5 Å². The highest BCUT2D eigenvalue weighted by Crippen LogP contribution is 2.46. The summed E-state index contributed by atoms with van der Waals surface area (Å²) in [7, 11) is 1.30. The van der Waals surface area contributed by atoms with Crippen molar-refractivity contribution >= 4 is 23.7 Å². The monoisotopic (exact) mass is 525 g/mol. The number of hydrogen-bond acceptors (Lipinski definition) is 5. The molecule has 2 amide bonds. The minimum atomic E-state index is -0.987. The number of fused-ring (bicyclic) bond motifs is 1. The number of aromatic amines is 1. The van der Waals surface area contributed by atoms with Crippen LogP contribution in [0.25, 0.3) is 0 Å². The van der Waals surface area contributed by atoms with E-state index in [-0.39, 0.29) is 22.4 Å². The van der Waals surface area contributed by atoms with Gasteiger partial charge >= 0.3 is 12.1 Å². The number of hydrogen-bond donors (Lipinski definition) is 2. The first-order chi connectivity index (χ1) is 17.6. The van der Waals surface area contributed by atoms with Crippen LogP contribution in [0.5, 0.6) is 0 Å². The normalized spacial score (nSPS) is 16.7. The Bertz CT molecular complexity index is 1190. The molecule has 3 rings (SSSR count). The molecule has 0 radical (unpaired) electrons. The molecule has 1 heterocycles. The number of alkyl carbamates (subject to hydrolysis) is 1. The van der Waals surface area contributed by atoms with Crippen molar-refractivity contribution in [1.29, 1.82) is 0 Å². The summed E-state index contributed by atoms with van der Waals surface area (Å²) in [6.07, 6.45) is 3.70. The quantitative estimate of drug-likeness (QED) is 0.422. The molecule has 0 saturated heterocycles. The number of carbonyl (C=O) groups excluding carboxylic acids is 3. The highest BCUT2D eigenvalue weighted by Gasteiger charge is 2.38. The number of H-pyrrole nitrogens is 1. The number of aromatic nitrogens is 1. The maximum atomic E-state index is 14.2. The van der Waals surface area contributed by atoms with E-state index in [2.05, 4.69) is 50.1 Å². The van der Waals surface area contributed by atoms with Crippen molar-refractivity contribution in [3.05, 3.63) is 52.8 Å². The molecule has 8 nitrogen and oxygen atoms in total. The van der Waals surface area contributed by atoms with Gasteiger partial charge in [0.1, 0.15) is 17.3 Å². The fraction of sp³-hybridized carbons (Fsp3) is 0.567. The van der Waals surface area contributed by atoms with Crippen LogP contribution in [0.1, 0.15) is 108 Å². The Labute approximate surface area is 226 Å².